The van der Waals surface area contributed by atoms with Gasteiger partial charge in [-0.3, -0.25) is 14.3 Å². The van der Waals surface area contributed by atoms with Crippen LogP contribution >= 0.6 is 0 Å². The van der Waals surface area contributed by atoms with Crippen molar-refractivity contribution in [2.45, 2.75) is 50.0 Å². The molecular formula is C26H26F2N4O2. The molecule has 3 atom stereocenters. The van der Waals surface area contributed by atoms with E-state index in [1.165, 1.54) is 15.6 Å². The summed E-state index contributed by atoms with van der Waals surface area (Å²) in [4.78, 5) is 27.4. The van der Waals surface area contributed by atoms with E-state index in [4.69, 9.17) is 0 Å². The minimum atomic E-state index is -1.29. The second kappa shape index (κ2) is 9.37. The number of halogens is 2. The summed E-state index contributed by atoms with van der Waals surface area (Å²) < 4.78 is 30.6. The maximum absolute atomic E-state index is 14.8. The fraction of sp³-hybridized carbons (Fsp3) is 0.346. The maximum Gasteiger partial charge on any atom is 0.245 e. The van der Waals surface area contributed by atoms with Crippen molar-refractivity contribution in [1.29, 1.82) is 0 Å². The largest absolute Gasteiger partial charge is 0.343 e. The molecule has 3 aromatic rings. The van der Waals surface area contributed by atoms with Crippen molar-refractivity contribution < 1.29 is 18.4 Å². The van der Waals surface area contributed by atoms with E-state index in [1.54, 1.807) is 24.5 Å². The number of hydrogen-bond donors (Lipinski definition) is 1. The zero-order valence-corrected chi connectivity index (χ0v) is 18.6. The quantitative estimate of drug-likeness (QED) is 0.579. The SMILES string of the molecule is O=C(NC(c1ccccc1)c1ccc(C2CC2)c(F)c1)C1CC(F)CN1C(=O)Cn1cccn1. The van der Waals surface area contributed by atoms with Crippen LogP contribution in [0.5, 0.6) is 0 Å². The van der Waals surface area contributed by atoms with Crippen LogP contribution in [0.15, 0.2) is 67.0 Å². The molecule has 2 heterocycles. The zero-order chi connectivity index (χ0) is 23.7. The molecule has 2 aromatic carbocycles. The first kappa shape index (κ1) is 22.3. The molecular weight excluding hydrogens is 438 g/mol. The standard InChI is InChI=1S/C26H26F2N4O2/c27-20-14-23(32(15-20)24(33)16-31-12-4-11-29-31)26(34)30-25(18-5-2-1-3-6-18)19-9-10-21(17-7-8-17)22(28)13-19/h1-6,9-13,17,20,23,25H,7-8,14-16H2,(H,30,34). The lowest BCUT2D eigenvalue weighted by atomic mass is 9.96. The van der Waals surface area contributed by atoms with Gasteiger partial charge in [0.05, 0.1) is 12.6 Å². The number of nitrogens with one attached hydrogen (secondary N) is 1. The van der Waals surface area contributed by atoms with Gasteiger partial charge in [-0.1, -0.05) is 42.5 Å². The van der Waals surface area contributed by atoms with Crippen LogP contribution < -0.4 is 5.32 Å². The van der Waals surface area contributed by atoms with Crippen LogP contribution in [0.1, 0.15) is 47.9 Å². The smallest absolute Gasteiger partial charge is 0.245 e. The van der Waals surface area contributed by atoms with Gasteiger partial charge in [-0.05, 0) is 47.6 Å². The summed E-state index contributed by atoms with van der Waals surface area (Å²) in [5, 5.41) is 6.97. The molecule has 2 amide bonds. The van der Waals surface area contributed by atoms with Gasteiger partial charge in [0.2, 0.25) is 11.8 Å². The fourth-order valence-electron chi connectivity index (χ4n) is 4.62. The van der Waals surface area contributed by atoms with Crippen molar-refractivity contribution in [3.8, 4) is 0 Å². The average Bonchev–Trinajstić information content (AvgIpc) is 3.40. The second-order valence-corrected chi connectivity index (χ2v) is 9.01. The van der Waals surface area contributed by atoms with E-state index in [0.717, 1.165) is 18.4 Å². The number of rotatable bonds is 7. The van der Waals surface area contributed by atoms with Crippen LogP contribution in [0.4, 0.5) is 8.78 Å². The van der Waals surface area contributed by atoms with Gasteiger partial charge in [0, 0.05) is 18.8 Å². The lowest BCUT2D eigenvalue weighted by Gasteiger charge is -2.27. The number of alkyl halides is 1. The van der Waals surface area contributed by atoms with Gasteiger partial charge in [0.25, 0.3) is 0 Å². The predicted molar refractivity (Wildman–Crippen MR) is 122 cm³/mol. The fourth-order valence-corrected chi connectivity index (χ4v) is 4.62. The molecule has 1 aromatic heterocycles. The minimum absolute atomic E-state index is 0.0700. The number of nitrogens with zero attached hydrogens (tertiary/aromatic N) is 3. The zero-order valence-electron chi connectivity index (χ0n) is 18.6. The Kier molecular flexibility index (Phi) is 6.13. The average molecular weight is 465 g/mol. The molecule has 1 aliphatic carbocycles. The first-order valence-electron chi connectivity index (χ1n) is 11.5. The summed E-state index contributed by atoms with van der Waals surface area (Å²) >= 11 is 0. The molecule has 8 heteroatoms. The highest BCUT2D eigenvalue weighted by Gasteiger charge is 2.40. The van der Waals surface area contributed by atoms with Crippen molar-refractivity contribution in [2.24, 2.45) is 0 Å². The monoisotopic (exact) mass is 464 g/mol. The molecule has 3 unspecified atom stereocenters. The van der Waals surface area contributed by atoms with Crippen LogP contribution in [0.3, 0.4) is 0 Å². The Morgan fingerprint density at radius 2 is 1.88 bits per heavy atom. The summed E-state index contributed by atoms with van der Waals surface area (Å²) in [7, 11) is 0. The van der Waals surface area contributed by atoms with Crippen molar-refractivity contribution in [3.05, 3.63) is 89.5 Å². The Bertz CT molecular complexity index is 1160. The normalized spacial score (nSPS) is 20.8. The first-order valence-corrected chi connectivity index (χ1v) is 11.5. The Labute approximate surface area is 196 Å². The maximum atomic E-state index is 14.8. The highest BCUT2D eigenvalue weighted by atomic mass is 19.1. The van der Waals surface area contributed by atoms with Gasteiger partial charge in [0.15, 0.2) is 0 Å². The molecule has 1 aliphatic heterocycles. The van der Waals surface area contributed by atoms with Crippen LogP contribution in [0.2, 0.25) is 0 Å². The Morgan fingerprint density at radius 3 is 2.56 bits per heavy atom. The number of likely N-dealkylation sites (tertiary alicyclic amines) is 1. The van der Waals surface area contributed by atoms with Gasteiger partial charge in [-0.25, -0.2) is 8.78 Å². The minimum Gasteiger partial charge on any atom is -0.343 e. The topological polar surface area (TPSA) is 67.2 Å². The van der Waals surface area contributed by atoms with E-state index in [2.05, 4.69) is 10.4 Å². The van der Waals surface area contributed by atoms with E-state index >= 15 is 0 Å². The number of hydrogen-bond acceptors (Lipinski definition) is 3. The molecule has 0 spiro atoms. The van der Waals surface area contributed by atoms with Gasteiger partial charge < -0.3 is 10.2 Å². The van der Waals surface area contributed by atoms with Crippen molar-refractivity contribution in [1.82, 2.24) is 20.0 Å². The lowest BCUT2D eigenvalue weighted by molar-refractivity contribution is -0.139. The first-order chi connectivity index (χ1) is 16.5. The third kappa shape index (κ3) is 4.71. The van der Waals surface area contributed by atoms with Crippen molar-refractivity contribution in [2.75, 3.05) is 6.54 Å². The lowest BCUT2D eigenvalue weighted by Crippen LogP contribution is -2.48. The van der Waals surface area contributed by atoms with Gasteiger partial charge in [-0.15, -0.1) is 0 Å². The molecule has 34 heavy (non-hydrogen) atoms. The Hall–Kier alpha value is -3.55. The van der Waals surface area contributed by atoms with Crippen LogP contribution in [-0.2, 0) is 16.1 Å². The van der Waals surface area contributed by atoms with E-state index < -0.39 is 24.2 Å². The summed E-state index contributed by atoms with van der Waals surface area (Å²) in [6, 6.07) is 14.5. The number of carbonyl (C=O) groups excluding carboxylic acids is 2. The number of aromatic nitrogens is 2. The third-order valence-electron chi connectivity index (χ3n) is 6.52. The van der Waals surface area contributed by atoms with E-state index in [-0.39, 0.29) is 37.2 Å². The number of amides is 2. The molecule has 2 aliphatic rings. The van der Waals surface area contributed by atoms with Gasteiger partial charge >= 0.3 is 0 Å². The van der Waals surface area contributed by atoms with Crippen LogP contribution in [-0.4, -0.2) is 45.3 Å². The van der Waals surface area contributed by atoms with E-state index in [9.17, 15) is 18.4 Å². The third-order valence-corrected chi connectivity index (χ3v) is 6.52. The number of benzene rings is 2. The summed E-state index contributed by atoms with van der Waals surface area (Å²) in [5.74, 6) is -0.848. The van der Waals surface area contributed by atoms with Gasteiger partial charge in [0.1, 0.15) is 24.6 Å². The summed E-state index contributed by atoms with van der Waals surface area (Å²) in [6.45, 7) is -0.210. The Balaban J connectivity index is 1.38. The summed E-state index contributed by atoms with van der Waals surface area (Å²) in [6.07, 6.45) is 3.81. The molecule has 0 bridgehead atoms. The highest BCUT2D eigenvalue weighted by molar-refractivity contribution is 5.88. The summed E-state index contributed by atoms with van der Waals surface area (Å²) in [5.41, 5.74) is 2.08. The van der Waals surface area contributed by atoms with Crippen molar-refractivity contribution >= 4 is 11.8 Å². The molecule has 1 saturated carbocycles. The van der Waals surface area contributed by atoms with Crippen LogP contribution in [0.25, 0.3) is 0 Å². The number of carbonyl (C=O) groups is 2. The highest BCUT2D eigenvalue weighted by Crippen LogP contribution is 2.41. The predicted octanol–water partition coefficient (Wildman–Crippen LogP) is 3.74. The molecule has 5 rings (SSSR count). The van der Waals surface area contributed by atoms with Gasteiger partial charge in [-0.2, -0.15) is 5.10 Å². The molecule has 2 fully saturated rings. The second-order valence-electron chi connectivity index (χ2n) is 9.01. The van der Waals surface area contributed by atoms with E-state index in [1.807, 2.05) is 36.4 Å². The van der Waals surface area contributed by atoms with Crippen LogP contribution in [0, 0.1) is 5.82 Å². The molecule has 6 nitrogen and oxygen atoms in total. The molecule has 176 valence electrons. The molecule has 0 radical (unpaired) electrons. The van der Waals surface area contributed by atoms with Crippen molar-refractivity contribution in [3.63, 3.8) is 0 Å². The molecule has 1 saturated heterocycles. The Morgan fingerprint density at radius 1 is 1.09 bits per heavy atom. The molecule has 1 N–H and O–H groups in total. The van der Waals surface area contributed by atoms with E-state index in [0.29, 0.717) is 11.1 Å².